The standard InChI is InChI=1S/C20H15BrCl2N2O5/c1-2-29-16-8-11(5-12-18(26)24-20(28)25-19(12)27)6-13(21)17(16)30-9-10-3-4-14(22)15(23)7-10/h3-8H,2,9H2,1H3,(H2,24,25,26,27,28). The number of halogens is 3. The zero-order valence-electron chi connectivity index (χ0n) is 15.6. The third-order valence-electron chi connectivity index (χ3n) is 3.95. The van der Waals surface area contributed by atoms with Crippen LogP contribution in [0.2, 0.25) is 10.0 Å². The second kappa shape index (κ2) is 9.51. The highest BCUT2D eigenvalue weighted by molar-refractivity contribution is 9.10. The molecule has 2 aromatic rings. The summed E-state index contributed by atoms with van der Waals surface area (Å²) in [7, 11) is 0. The average molecular weight is 514 g/mol. The van der Waals surface area contributed by atoms with Gasteiger partial charge in [-0.1, -0.05) is 29.3 Å². The van der Waals surface area contributed by atoms with Crippen molar-refractivity contribution in [2.45, 2.75) is 13.5 Å². The van der Waals surface area contributed by atoms with E-state index in [1.165, 1.54) is 6.08 Å². The number of hydrogen-bond donors (Lipinski definition) is 2. The molecule has 0 unspecified atom stereocenters. The van der Waals surface area contributed by atoms with Crippen LogP contribution in [0.4, 0.5) is 4.79 Å². The summed E-state index contributed by atoms with van der Waals surface area (Å²) in [5.74, 6) is -0.708. The van der Waals surface area contributed by atoms with Crippen molar-refractivity contribution < 1.29 is 23.9 Å². The summed E-state index contributed by atoms with van der Waals surface area (Å²) >= 11 is 15.4. The normalized spacial score (nSPS) is 13.6. The van der Waals surface area contributed by atoms with Gasteiger partial charge in [0.15, 0.2) is 11.5 Å². The predicted molar refractivity (Wildman–Crippen MR) is 116 cm³/mol. The fraction of sp³-hybridized carbons (Fsp3) is 0.150. The van der Waals surface area contributed by atoms with Gasteiger partial charge in [0.25, 0.3) is 11.8 Å². The Morgan fingerprint density at radius 1 is 1.00 bits per heavy atom. The third kappa shape index (κ3) is 5.13. The van der Waals surface area contributed by atoms with E-state index in [1.54, 1.807) is 30.3 Å². The second-order valence-corrected chi connectivity index (χ2v) is 7.76. The van der Waals surface area contributed by atoms with Gasteiger partial charge in [0.05, 0.1) is 21.1 Å². The smallest absolute Gasteiger partial charge is 0.328 e. The van der Waals surface area contributed by atoms with Gasteiger partial charge < -0.3 is 9.47 Å². The fourth-order valence-electron chi connectivity index (χ4n) is 2.63. The molecule has 0 saturated carbocycles. The molecule has 1 aliphatic rings. The summed E-state index contributed by atoms with van der Waals surface area (Å²) in [5, 5.41) is 4.93. The summed E-state index contributed by atoms with van der Waals surface area (Å²) in [6.45, 7) is 2.39. The SMILES string of the molecule is CCOc1cc(C=C2C(=O)NC(=O)NC2=O)cc(Br)c1OCc1ccc(Cl)c(Cl)c1. The Labute approximate surface area is 190 Å². The van der Waals surface area contributed by atoms with Crippen molar-refractivity contribution in [3.63, 3.8) is 0 Å². The Kier molecular flexibility index (Phi) is 7.02. The first-order valence-electron chi connectivity index (χ1n) is 8.70. The van der Waals surface area contributed by atoms with E-state index in [2.05, 4.69) is 15.9 Å². The molecule has 1 aliphatic heterocycles. The highest BCUT2D eigenvalue weighted by atomic mass is 79.9. The molecule has 0 aliphatic carbocycles. The number of barbiturate groups is 1. The first-order chi connectivity index (χ1) is 14.3. The lowest BCUT2D eigenvalue weighted by Gasteiger charge is -2.16. The van der Waals surface area contributed by atoms with E-state index in [4.69, 9.17) is 32.7 Å². The van der Waals surface area contributed by atoms with Crippen LogP contribution < -0.4 is 20.1 Å². The summed E-state index contributed by atoms with van der Waals surface area (Å²) in [4.78, 5) is 35.1. The number of imide groups is 2. The van der Waals surface area contributed by atoms with Crippen molar-refractivity contribution in [3.8, 4) is 11.5 Å². The first-order valence-corrected chi connectivity index (χ1v) is 10.2. The molecule has 1 heterocycles. The minimum absolute atomic E-state index is 0.201. The molecule has 0 atom stereocenters. The lowest BCUT2D eigenvalue weighted by Crippen LogP contribution is -2.51. The number of benzene rings is 2. The van der Waals surface area contributed by atoms with Crippen molar-refractivity contribution >= 4 is 63.1 Å². The van der Waals surface area contributed by atoms with E-state index in [1.807, 2.05) is 17.6 Å². The average Bonchev–Trinajstić information content (AvgIpc) is 2.67. The Hall–Kier alpha value is -2.55. The molecule has 1 fully saturated rings. The molecule has 3 rings (SSSR count). The van der Waals surface area contributed by atoms with Gasteiger partial charge in [0, 0.05) is 0 Å². The predicted octanol–water partition coefficient (Wildman–Crippen LogP) is 4.48. The van der Waals surface area contributed by atoms with Gasteiger partial charge in [-0.25, -0.2) is 4.79 Å². The van der Waals surface area contributed by atoms with E-state index >= 15 is 0 Å². The Bertz CT molecular complexity index is 1050. The maximum atomic E-state index is 11.9. The van der Waals surface area contributed by atoms with Crippen LogP contribution in [0.15, 0.2) is 40.4 Å². The molecule has 30 heavy (non-hydrogen) atoms. The summed E-state index contributed by atoms with van der Waals surface area (Å²) < 4.78 is 12.1. The van der Waals surface area contributed by atoms with Gasteiger partial charge in [-0.05, 0) is 64.3 Å². The summed E-state index contributed by atoms with van der Waals surface area (Å²) in [5.41, 5.74) is 1.11. The van der Waals surface area contributed by atoms with Crippen LogP contribution in [0.25, 0.3) is 6.08 Å². The zero-order valence-corrected chi connectivity index (χ0v) is 18.7. The zero-order chi connectivity index (χ0) is 21.8. The summed E-state index contributed by atoms with van der Waals surface area (Å²) in [6, 6.07) is 7.62. The van der Waals surface area contributed by atoms with Crippen LogP contribution in [0.5, 0.6) is 11.5 Å². The molecule has 156 valence electrons. The Morgan fingerprint density at radius 3 is 2.33 bits per heavy atom. The largest absolute Gasteiger partial charge is 0.490 e. The van der Waals surface area contributed by atoms with Gasteiger partial charge in [0.2, 0.25) is 0 Å². The molecule has 0 bridgehead atoms. The minimum Gasteiger partial charge on any atom is -0.490 e. The van der Waals surface area contributed by atoms with Crippen molar-refractivity contribution in [2.75, 3.05) is 6.61 Å². The van der Waals surface area contributed by atoms with Gasteiger partial charge >= 0.3 is 6.03 Å². The van der Waals surface area contributed by atoms with Crippen LogP contribution >= 0.6 is 39.1 Å². The monoisotopic (exact) mass is 512 g/mol. The van der Waals surface area contributed by atoms with Crippen molar-refractivity contribution in [3.05, 3.63) is 61.5 Å². The van der Waals surface area contributed by atoms with Crippen LogP contribution in [-0.4, -0.2) is 24.5 Å². The van der Waals surface area contributed by atoms with E-state index in [9.17, 15) is 14.4 Å². The molecule has 7 nitrogen and oxygen atoms in total. The lowest BCUT2D eigenvalue weighted by atomic mass is 10.1. The maximum Gasteiger partial charge on any atom is 0.328 e. The van der Waals surface area contributed by atoms with Crippen LogP contribution in [0, 0.1) is 0 Å². The van der Waals surface area contributed by atoms with Crippen molar-refractivity contribution in [2.24, 2.45) is 0 Å². The number of ether oxygens (including phenoxy) is 2. The molecular weight excluding hydrogens is 499 g/mol. The molecular formula is C20H15BrCl2N2O5. The van der Waals surface area contributed by atoms with E-state index < -0.39 is 17.8 Å². The number of urea groups is 1. The molecule has 0 radical (unpaired) electrons. The highest BCUT2D eigenvalue weighted by Crippen LogP contribution is 2.38. The minimum atomic E-state index is -0.857. The quantitative estimate of drug-likeness (QED) is 0.438. The van der Waals surface area contributed by atoms with E-state index in [-0.39, 0.29) is 12.2 Å². The topological polar surface area (TPSA) is 93.7 Å². The first kappa shape index (κ1) is 22.1. The van der Waals surface area contributed by atoms with Crippen LogP contribution in [-0.2, 0) is 16.2 Å². The molecule has 0 aromatic heterocycles. The van der Waals surface area contributed by atoms with Gasteiger partial charge in [-0.15, -0.1) is 0 Å². The van der Waals surface area contributed by atoms with Crippen LogP contribution in [0.3, 0.4) is 0 Å². The Morgan fingerprint density at radius 2 is 1.70 bits per heavy atom. The van der Waals surface area contributed by atoms with E-state index in [0.29, 0.717) is 38.2 Å². The highest BCUT2D eigenvalue weighted by Gasteiger charge is 2.28. The summed E-state index contributed by atoms with van der Waals surface area (Å²) in [6.07, 6.45) is 1.35. The third-order valence-corrected chi connectivity index (χ3v) is 5.28. The second-order valence-electron chi connectivity index (χ2n) is 6.10. The van der Waals surface area contributed by atoms with E-state index in [0.717, 1.165) is 5.56 Å². The molecule has 2 aromatic carbocycles. The molecule has 1 saturated heterocycles. The number of rotatable bonds is 6. The fourth-order valence-corrected chi connectivity index (χ4v) is 3.53. The van der Waals surface area contributed by atoms with Crippen LogP contribution in [0.1, 0.15) is 18.1 Å². The molecule has 10 heteroatoms. The van der Waals surface area contributed by atoms with Gasteiger partial charge in [0.1, 0.15) is 12.2 Å². The number of hydrogen-bond acceptors (Lipinski definition) is 5. The number of amides is 4. The molecule has 0 spiro atoms. The molecule has 2 N–H and O–H groups in total. The van der Waals surface area contributed by atoms with Gasteiger partial charge in [-0.2, -0.15) is 0 Å². The number of nitrogens with one attached hydrogen (secondary N) is 2. The number of carbonyl (C=O) groups excluding carboxylic acids is 3. The van der Waals surface area contributed by atoms with Gasteiger partial charge in [-0.3, -0.25) is 20.2 Å². The maximum absolute atomic E-state index is 11.9. The molecule has 4 amide bonds. The Balaban J connectivity index is 1.89. The van der Waals surface area contributed by atoms with Crippen molar-refractivity contribution in [1.29, 1.82) is 0 Å². The van der Waals surface area contributed by atoms with Crippen molar-refractivity contribution in [1.82, 2.24) is 10.6 Å². The number of carbonyl (C=O) groups is 3. The lowest BCUT2D eigenvalue weighted by molar-refractivity contribution is -0.123.